The fourth-order valence-electron chi connectivity index (χ4n) is 4.35. The number of carbonyl (C=O) groups is 2. The molecule has 0 radical (unpaired) electrons. The van der Waals surface area contributed by atoms with Crippen LogP contribution < -0.4 is 9.64 Å². The predicted molar refractivity (Wildman–Crippen MR) is 120 cm³/mol. The monoisotopic (exact) mass is 427 g/mol. The second kappa shape index (κ2) is 7.57. The lowest BCUT2D eigenvalue weighted by atomic mass is 9.94. The predicted octanol–water partition coefficient (Wildman–Crippen LogP) is 4.26. The topological polar surface area (TPSA) is 87.1 Å². The van der Waals surface area contributed by atoms with Crippen molar-refractivity contribution in [2.45, 2.75) is 19.4 Å². The van der Waals surface area contributed by atoms with Crippen LogP contribution in [0.3, 0.4) is 0 Å². The van der Waals surface area contributed by atoms with Crippen LogP contribution in [0.4, 0.5) is 5.69 Å². The summed E-state index contributed by atoms with van der Waals surface area (Å²) in [5.41, 5.74) is 3.07. The SMILES string of the molecule is Cc1ccc(O)c(N2C(=O)C(=O)/C(=C(\O)c3ccc4c(c3)CCO4)C2c2ccccc2)c1. The number of benzene rings is 3. The van der Waals surface area contributed by atoms with E-state index in [4.69, 9.17) is 4.74 Å². The van der Waals surface area contributed by atoms with Crippen LogP contribution in [-0.4, -0.2) is 28.5 Å². The molecule has 1 saturated heterocycles. The van der Waals surface area contributed by atoms with Crippen LogP contribution in [-0.2, 0) is 16.0 Å². The van der Waals surface area contributed by atoms with Crippen molar-refractivity contribution in [2.24, 2.45) is 0 Å². The van der Waals surface area contributed by atoms with Gasteiger partial charge in [-0.2, -0.15) is 0 Å². The van der Waals surface area contributed by atoms with Crippen molar-refractivity contribution in [1.29, 1.82) is 0 Å². The minimum atomic E-state index is -0.881. The molecule has 32 heavy (non-hydrogen) atoms. The highest BCUT2D eigenvalue weighted by molar-refractivity contribution is 6.51. The molecule has 3 aromatic carbocycles. The number of anilines is 1. The van der Waals surface area contributed by atoms with Crippen LogP contribution in [0, 0.1) is 6.92 Å². The van der Waals surface area contributed by atoms with E-state index in [1.54, 1.807) is 54.6 Å². The van der Waals surface area contributed by atoms with E-state index in [0.717, 1.165) is 16.9 Å². The molecule has 0 spiro atoms. The number of ketones is 1. The van der Waals surface area contributed by atoms with Gasteiger partial charge in [0, 0.05) is 12.0 Å². The highest BCUT2D eigenvalue weighted by Crippen LogP contribution is 2.45. The van der Waals surface area contributed by atoms with E-state index in [1.807, 2.05) is 13.0 Å². The minimum Gasteiger partial charge on any atom is -0.507 e. The Morgan fingerprint density at radius 1 is 1.03 bits per heavy atom. The van der Waals surface area contributed by atoms with Crippen LogP contribution in [0.5, 0.6) is 11.5 Å². The summed E-state index contributed by atoms with van der Waals surface area (Å²) in [6.07, 6.45) is 0.712. The summed E-state index contributed by atoms with van der Waals surface area (Å²) in [5.74, 6) is -1.21. The van der Waals surface area contributed by atoms with Gasteiger partial charge in [-0.25, -0.2) is 0 Å². The number of hydrogen-bond acceptors (Lipinski definition) is 5. The van der Waals surface area contributed by atoms with Gasteiger partial charge in [0.25, 0.3) is 11.7 Å². The number of aromatic hydroxyl groups is 1. The third-order valence-electron chi connectivity index (χ3n) is 5.91. The first-order valence-corrected chi connectivity index (χ1v) is 10.4. The van der Waals surface area contributed by atoms with E-state index < -0.39 is 17.7 Å². The number of hydrogen-bond donors (Lipinski definition) is 2. The molecule has 1 unspecified atom stereocenters. The molecule has 2 aliphatic rings. The molecule has 5 rings (SSSR count). The largest absolute Gasteiger partial charge is 0.507 e. The maximum atomic E-state index is 13.2. The van der Waals surface area contributed by atoms with Crippen LogP contribution in [0.2, 0.25) is 0 Å². The van der Waals surface area contributed by atoms with Crippen LogP contribution in [0.15, 0.2) is 72.3 Å². The van der Waals surface area contributed by atoms with E-state index in [-0.39, 0.29) is 22.8 Å². The molecule has 160 valence electrons. The van der Waals surface area contributed by atoms with E-state index >= 15 is 0 Å². The third-order valence-corrected chi connectivity index (χ3v) is 5.91. The molecule has 2 heterocycles. The minimum absolute atomic E-state index is 0.0130. The van der Waals surface area contributed by atoms with Crippen molar-refractivity contribution in [3.8, 4) is 11.5 Å². The van der Waals surface area contributed by atoms with Crippen molar-refractivity contribution in [3.05, 3.63) is 94.6 Å². The number of rotatable bonds is 3. The summed E-state index contributed by atoms with van der Waals surface area (Å²) in [5, 5.41) is 21.8. The molecule has 6 nitrogen and oxygen atoms in total. The first kappa shape index (κ1) is 19.9. The van der Waals surface area contributed by atoms with E-state index in [1.165, 1.54) is 11.0 Å². The number of aliphatic hydroxyl groups is 1. The summed E-state index contributed by atoms with van der Waals surface area (Å²) in [4.78, 5) is 27.7. The Labute approximate surface area is 185 Å². The zero-order valence-corrected chi connectivity index (χ0v) is 17.4. The van der Waals surface area contributed by atoms with Crippen molar-refractivity contribution in [3.63, 3.8) is 0 Å². The van der Waals surface area contributed by atoms with Gasteiger partial charge < -0.3 is 14.9 Å². The Morgan fingerprint density at radius 2 is 1.81 bits per heavy atom. The molecular weight excluding hydrogens is 406 g/mol. The number of fused-ring (bicyclic) bond motifs is 1. The smallest absolute Gasteiger partial charge is 0.300 e. The maximum Gasteiger partial charge on any atom is 0.300 e. The van der Waals surface area contributed by atoms with Crippen LogP contribution in [0.25, 0.3) is 5.76 Å². The van der Waals surface area contributed by atoms with Crippen molar-refractivity contribution in [1.82, 2.24) is 0 Å². The summed E-state index contributed by atoms with van der Waals surface area (Å²) >= 11 is 0. The lowest BCUT2D eigenvalue weighted by Crippen LogP contribution is -2.29. The number of nitrogens with zero attached hydrogens (tertiary/aromatic N) is 1. The quantitative estimate of drug-likeness (QED) is 0.371. The fourth-order valence-corrected chi connectivity index (χ4v) is 4.35. The number of Topliss-reactive ketones (excluding diaryl/α,β-unsaturated/α-hetero) is 1. The third kappa shape index (κ3) is 3.12. The molecule has 1 atom stereocenters. The van der Waals surface area contributed by atoms with Crippen LogP contribution in [0.1, 0.15) is 28.3 Å². The number of carbonyl (C=O) groups excluding carboxylic acids is 2. The fraction of sp³-hybridized carbons (Fsp3) is 0.154. The van der Waals surface area contributed by atoms with Gasteiger partial charge in [-0.05, 0) is 53.9 Å². The maximum absolute atomic E-state index is 13.2. The first-order valence-electron chi connectivity index (χ1n) is 10.4. The van der Waals surface area contributed by atoms with Gasteiger partial charge >= 0.3 is 0 Å². The molecule has 0 aromatic heterocycles. The van der Waals surface area contributed by atoms with E-state index in [0.29, 0.717) is 24.2 Å². The highest BCUT2D eigenvalue weighted by Gasteiger charge is 2.47. The van der Waals surface area contributed by atoms with Crippen molar-refractivity contribution >= 4 is 23.1 Å². The van der Waals surface area contributed by atoms with E-state index in [9.17, 15) is 19.8 Å². The van der Waals surface area contributed by atoms with Gasteiger partial charge in [-0.1, -0.05) is 36.4 Å². The number of amides is 1. The number of phenols is 1. The molecule has 0 saturated carbocycles. The summed E-state index contributed by atoms with van der Waals surface area (Å²) in [6.45, 7) is 2.41. The Kier molecular flexibility index (Phi) is 4.70. The standard InChI is InChI=1S/C26H21NO5/c1-15-7-9-20(28)19(13-15)27-23(16-5-3-2-4-6-16)22(25(30)26(27)31)24(29)18-8-10-21-17(14-18)11-12-32-21/h2-10,13-14,23,28-29H,11-12H2,1H3/b24-22-. The lowest BCUT2D eigenvalue weighted by molar-refractivity contribution is -0.132. The zero-order valence-electron chi connectivity index (χ0n) is 17.4. The summed E-state index contributed by atoms with van der Waals surface area (Å²) in [7, 11) is 0. The molecule has 2 N–H and O–H groups in total. The Morgan fingerprint density at radius 3 is 2.59 bits per heavy atom. The average Bonchev–Trinajstić information content (AvgIpc) is 3.38. The van der Waals surface area contributed by atoms with Gasteiger partial charge in [0.15, 0.2) is 0 Å². The number of ether oxygens (including phenoxy) is 1. The number of aliphatic hydroxyl groups excluding tert-OH is 1. The summed E-state index contributed by atoms with van der Waals surface area (Å²) in [6, 6.07) is 18.2. The van der Waals surface area contributed by atoms with Gasteiger partial charge in [0.05, 0.1) is 23.9 Å². The normalized spacial score (nSPS) is 19.2. The van der Waals surface area contributed by atoms with E-state index in [2.05, 4.69) is 0 Å². The van der Waals surface area contributed by atoms with Gasteiger partial charge in [0.2, 0.25) is 0 Å². The lowest BCUT2D eigenvalue weighted by Gasteiger charge is -2.26. The van der Waals surface area contributed by atoms with Crippen molar-refractivity contribution < 1.29 is 24.5 Å². The Hall–Kier alpha value is -4.06. The molecule has 1 fully saturated rings. The zero-order chi connectivity index (χ0) is 22.4. The Balaban J connectivity index is 1.73. The van der Waals surface area contributed by atoms with Gasteiger partial charge in [0.1, 0.15) is 17.3 Å². The number of aryl methyl sites for hydroxylation is 1. The van der Waals surface area contributed by atoms with Gasteiger partial charge in [-0.15, -0.1) is 0 Å². The molecular formula is C26H21NO5. The molecule has 6 heteroatoms. The van der Waals surface area contributed by atoms with Crippen molar-refractivity contribution in [2.75, 3.05) is 11.5 Å². The second-order valence-corrected chi connectivity index (χ2v) is 7.99. The van der Waals surface area contributed by atoms with Gasteiger partial charge in [-0.3, -0.25) is 14.5 Å². The second-order valence-electron chi connectivity index (χ2n) is 7.99. The first-order chi connectivity index (χ1) is 15.5. The Bertz CT molecular complexity index is 1280. The number of phenolic OH excluding ortho intramolecular Hbond substituents is 1. The highest BCUT2D eigenvalue weighted by atomic mass is 16.5. The summed E-state index contributed by atoms with van der Waals surface area (Å²) < 4.78 is 5.53. The average molecular weight is 427 g/mol. The molecule has 0 bridgehead atoms. The molecule has 1 amide bonds. The molecule has 2 aliphatic heterocycles. The molecule has 3 aromatic rings. The molecule has 0 aliphatic carbocycles. The van der Waals surface area contributed by atoms with Crippen LogP contribution >= 0.6 is 0 Å².